The summed E-state index contributed by atoms with van der Waals surface area (Å²) in [4.78, 5) is 0. The van der Waals surface area contributed by atoms with Gasteiger partial charge in [0.2, 0.25) is 0 Å². The number of hydrogen-bond donors (Lipinski definition) is 0. The highest BCUT2D eigenvalue weighted by atomic mass is 127. The fourth-order valence-corrected chi connectivity index (χ4v) is 3.92. The van der Waals surface area contributed by atoms with Gasteiger partial charge in [-0.2, -0.15) is 0 Å². The molecule has 0 amide bonds. The first-order valence-corrected chi connectivity index (χ1v) is 7.59. The molecular formula is C12H12IP3. The first-order chi connectivity index (χ1) is 7.58. The second-order valence-corrected chi connectivity index (χ2v) is 6.70. The van der Waals surface area contributed by atoms with E-state index >= 15 is 0 Å². The van der Waals surface area contributed by atoms with E-state index in [0.29, 0.717) is 0 Å². The average Bonchev–Trinajstić information content (AvgIpc) is 2.19. The maximum atomic E-state index is 2.81. The van der Waals surface area contributed by atoms with E-state index < -0.39 is 0 Å². The Hall–Kier alpha value is 0.460. The van der Waals surface area contributed by atoms with Crippen LogP contribution in [0.25, 0.3) is 11.1 Å². The molecule has 4 heteroatoms. The standard InChI is InChI=1S/C12H12IP3/c13-11-5-7(14)1-3-9(11)10-4-2-8(15)6-12(10)16/h1-6H,14-16H2. The predicted molar refractivity (Wildman–Crippen MR) is 92.6 cm³/mol. The fourth-order valence-electron chi connectivity index (χ4n) is 1.58. The number of rotatable bonds is 1. The Labute approximate surface area is 117 Å². The van der Waals surface area contributed by atoms with Gasteiger partial charge in [0.25, 0.3) is 0 Å². The van der Waals surface area contributed by atoms with Gasteiger partial charge in [0.1, 0.15) is 0 Å². The van der Waals surface area contributed by atoms with E-state index in [-0.39, 0.29) is 0 Å². The van der Waals surface area contributed by atoms with Crippen molar-refractivity contribution in [1.29, 1.82) is 0 Å². The minimum Gasteiger partial charge on any atom is -0.106 e. The van der Waals surface area contributed by atoms with Gasteiger partial charge in [0, 0.05) is 3.57 Å². The summed E-state index contributed by atoms with van der Waals surface area (Å²) in [5, 5.41) is 3.68. The van der Waals surface area contributed by atoms with Crippen molar-refractivity contribution in [2.75, 3.05) is 0 Å². The van der Waals surface area contributed by atoms with Crippen molar-refractivity contribution in [3.63, 3.8) is 0 Å². The lowest BCUT2D eigenvalue weighted by Crippen LogP contribution is -2.05. The molecule has 2 aromatic carbocycles. The second kappa shape index (κ2) is 5.40. The van der Waals surface area contributed by atoms with Crippen molar-refractivity contribution >= 4 is 66.2 Å². The van der Waals surface area contributed by atoms with Crippen molar-refractivity contribution < 1.29 is 0 Å². The van der Waals surface area contributed by atoms with Crippen LogP contribution in [0.1, 0.15) is 0 Å². The van der Waals surface area contributed by atoms with Gasteiger partial charge >= 0.3 is 0 Å². The van der Waals surface area contributed by atoms with Crippen LogP contribution in [0, 0.1) is 3.57 Å². The lowest BCUT2D eigenvalue weighted by atomic mass is 10.1. The Morgan fingerprint density at radius 3 is 1.88 bits per heavy atom. The van der Waals surface area contributed by atoms with Crippen molar-refractivity contribution in [3.05, 3.63) is 40.0 Å². The molecule has 2 aromatic rings. The highest BCUT2D eigenvalue weighted by Gasteiger charge is 2.06. The van der Waals surface area contributed by atoms with Crippen LogP contribution in [0.4, 0.5) is 0 Å². The Morgan fingerprint density at radius 2 is 1.31 bits per heavy atom. The average molecular weight is 376 g/mol. The maximum absolute atomic E-state index is 2.81. The predicted octanol–water partition coefficient (Wildman–Crippen LogP) is 2.46. The van der Waals surface area contributed by atoms with Crippen LogP contribution in [0.15, 0.2) is 36.4 Å². The molecule has 0 saturated carbocycles. The first kappa shape index (κ1) is 12.9. The number of halogens is 1. The molecule has 0 bridgehead atoms. The summed E-state index contributed by atoms with van der Waals surface area (Å²) in [5.74, 6) is 0. The zero-order chi connectivity index (χ0) is 11.7. The van der Waals surface area contributed by atoms with E-state index in [1.807, 2.05) is 0 Å². The molecule has 0 spiro atoms. The number of hydrogen-bond acceptors (Lipinski definition) is 0. The van der Waals surface area contributed by atoms with E-state index in [0.717, 1.165) is 0 Å². The van der Waals surface area contributed by atoms with E-state index in [9.17, 15) is 0 Å². The smallest absolute Gasteiger partial charge is 0.0215 e. The monoisotopic (exact) mass is 376 g/mol. The van der Waals surface area contributed by atoms with Gasteiger partial charge in [0.05, 0.1) is 0 Å². The largest absolute Gasteiger partial charge is 0.106 e. The van der Waals surface area contributed by atoms with E-state index in [1.54, 1.807) is 0 Å². The molecule has 0 fully saturated rings. The molecule has 0 radical (unpaired) electrons. The maximum Gasteiger partial charge on any atom is 0.0215 e. The molecule has 0 aliphatic carbocycles. The van der Waals surface area contributed by atoms with Crippen molar-refractivity contribution in [2.45, 2.75) is 0 Å². The molecule has 0 N–H and O–H groups in total. The van der Waals surface area contributed by atoms with E-state index in [2.05, 4.69) is 86.7 Å². The lowest BCUT2D eigenvalue weighted by molar-refractivity contribution is 1.64. The number of benzene rings is 2. The molecule has 0 nitrogen and oxygen atoms in total. The molecule has 16 heavy (non-hydrogen) atoms. The topological polar surface area (TPSA) is 0 Å². The SMILES string of the molecule is Pc1ccc(-c2ccc(P)cc2I)c(P)c1. The van der Waals surface area contributed by atoms with Crippen molar-refractivity contribution in [3.8, 4) is 11.1 Å². The lowest BCUT2D eigenvalue weighted by Gasteiger charge is -2.09. The van der Waals surface area contributed by atoms with Gasteiger partial charge in [-0.15, -0.1) is 27.7 Å². The van der Waals surface area contributed by atoms with Gasteiger partial charge in [-0.25, -0.2) is 0 Å². The highest BCUT2D eigenvalue weighted by molar-refractivity contribution is 14.1. The van der Waals surface area contributed by atoms with Crippen LogP contribution < -0.4 is 15.9 Å². The summed E-state index contributed by atoms with van der Waals surface area (Å²) in [6.45, 7) is 0. The fraction of sp³-hybridized carbons (Fsp3) is 0. The zero-order valence-electron chi connectivity index (χ0n) is 8.57. The van der Waals surface area contributed by atoms with E-state index in [4.69, 9.17) is 0 Å². The molecule has 0 saturated heterocycles. The quantitative estimate of drug-likeness (QED) is 0.530. The van der Waals surface area contributed by atoms with E-state index in [1.165, 1.54) is 30.6 Å². The summed E-state index contributed by atoms with van der Waals surface area (Å²) in [5.41, 5.74) is 2.58. The summed E-state index contributed by atoms with van der Waals surface area (Å²) in [6.07, 6.45) is 0. The third-order valence-electron chi connectivity index (χ3n) is 2.36. The third-order valence-corrected chi connectivity index (χ3v) is 4.45. The minimum absolute atomic E-state index is 1.21. The summed E-state index contributed by atoms with van der Waals surface area (Å²) in [6, 6.07) is 12.9. The second-order valence-electron chi connectivity index (χ2n) is 3.59. The molecule has 82 valence electrons. The zero-order valence-corrected chi connectivity index (χ0v) is 14.2. The molecule has 3 unspecified atom stereocenters. The Bertz CT molecular complexity index is 488. The minimum atomic E-state index is 1.21. The Kier molecular flexibility index (Phi) is 4.36. The molecular weight excluding hydrogens is 364 g/mol. The van der Waals surface area contributed by atoms with Crippen LogP contribution in [0.2, 0.25) is 0 Å². The molecule has 3 atom stereocenters. The molecule has 0 heterocycles. The van der Waals surface area contributed by atoms with Gasteiger partial charge in [-0.05, 0) is 61.8 Å². The third kappa shape index (κ3) is 2.82. The summed E-state index contributed by atoms with van der Waals surface area (Å²) >= 11 is 2.39. The van der Waals surface area contributed by atoms with Crippen molar-refractivity contribution in [2.24, 2.45) is 0 Å². The highest BCUT2D eigenvalue weighted by Crippen LogP contribution is 2.24. The van der Waals surface area contributed by atoms with Crippen LogP contribution in [0.3, 0.4) is 0 Å². The summed E-state index contributed by atoms with van der Waals surface area (Å²) in [7, 11) is 8.26. The van der Waals surface area contributed by atoms with Gasteiger partial charge < -0.3 is 0 Å². The Balaban J connectivity index is 2.59. The Morgan fingerprint density at radius 1 is 0.750 bits per heavy atom. The van der Waals surface area contributed by atoms with Gasteiger partial charge in [-0.3, -0.25) is 0 Å². The first-order valence-electron chi connectivity index (χ1n) is 4.78. The molecule has 2 rings (SSSR count). The van der Waals surface area contributed by atoms with Crippen LogP contribution in [0.5, 0.6) is 0 Å². The van der Waals surface area contributed by atoms with Crippen LogP contribution >= 0.6 is 50.3 Å². The molecule has 0 aromatic heterocycles. The van der Waals surface area contributed by atoms with Crippen molar-refractivity contribution in [1.82, 2.24) is 0 Å². The summed E-state index contributed by atoms with van der Waals surface area (Å²) < 4.78 is 1.28. The molecule has 0 aliphatic heterocycles. The van der Waals surface area contributed by atoms with Crippen LogP contribution in [-0.4, -0.2) is 0 Å². The normalized spacial score (nSPS) is 10.5. The molecule has 0 aliphatic rings. The van der Waals surface area contributed by atoms with Gasteiger partial charge in [0.15, 0.2) is 0 Å². The van der Waals surface area contributed by atoms with Crippen LogP contribution in [-0.2, 0) is 0 Å². The van der Waals surface area contributed by atoms with Gasteiger partial charge in [-0.1, -0.05) is 24.3 Å².